The molecule has 4 nitrogen and oxygen atoms in total. The van der Waals surface area contributed by atoms with E-state index in [-0.39, 0.29) is 0 Å². The van der Waals surface area contributed by atoms with Crippen LogP contribution in [0.4, 0.5) is 5.69 Å². The summed E-state index contributed by atoms with van der Waals surface area (Å²) >= 11 is 0. The van der Waals surface area contributed by atoms with Crippen molar-refractivity contribution in [2.45, 2.75) is 19.8 Å². The van der Waals surface area contributed by atoms with Crippen LogP contribution in [-0.2, 0) is 24.5 Å². The van der Waals surface area contributed by atoms with Crippen molar-refractivity contribution in [2.24, 2.45) is 0 Å². The van der Waals surface area contributed by atoms with Gasteiger partial charge >= 0.3 is 0 Å². The predicted molar refractivity (Wildman–Crippen MR) is 105 cm³/mol. The zero-order chi connectivity index (χ0) is 18.9. The number of hydrogen-bond donors (Lipinski definition) is 1. The topological polar surface area (TPSA) is 68.8 Å². The van der Waals surface area contributed by atoms with Crippen LogP contribution in [0.3, 0.4) is 0 Å². The van der Waals surface area contributed by atoms with Crippen molar-refractivity contribution in [3.63, 3.8) is 0 Å². The Morgan fingerprint density at radius 1 is 0.704 bits per heavy atom. The highest BCUT2D eigenvalue weighted by Gasteiger charge is 2.09. The van der Waals surface area contributed by atoms with E-state index in [1.54, 1.807) is 18.2 Å². The molecule has 0 aliphatic heterocycles. The van der Waals surface area contributed by atoms with Crippen LogP contribution in [0.1, 0.15) is 27.8 Å². The van der Waals surface area contributed by atoms with Gasteiger partial charge in [-0.05, 0) is 28.8 Å². The molecule has 3 rings (SSSR count). The Hall–Kier alpha value is -3.60. The predicted octanol–water partition coefficient (Wildman–Crippen LogP) is 4.76. The number of ether oxygens (including phenoxy) is 1. The second kappa shape index (κ2) is 9.20. The highest BCUT2D eigenvalue weighted by molar-refractivity contribution is 5.66. The number of rotatable bonds is 7. The number of anilines is 1. The van der Waals surface area contributed by atoms with Crippen molar-refractivity contribution in [1.29, 1.82) is 10.5 Å². The normalized spacial score (nSPS) is 10.0. The van der Waals surface area contributed by atoms with E-state index in [1.165, 1.54) is 0 Å². The molecule has 0 aliphatic rings. The lowest BCUT2D eigenvalue weighted by Gasteiger charge is -2.14. The maximum atomic E-state index is 9.30. The Balaban J connectivity index is 1.68. The first-order valence-corrected chi connectivity index (χ1v) is 8.67. The summed E-state index contributed by atoms with van der Waals surface area (Å²) in [5.74, 6) is 0. The van der Waals surface area contributed by atoms with Crippen molar-refractivity contribution >= 4 is 5.69 Å². The lowest BCUT2D eigenvalue weighted by atomic mass is 10.1. The van der Waals surface area contributed by atoms with E-state index < -0.39 is 0 Å². The number of nitrogens with one attached hydrogen (secondary N) is 1. The van der Waals surface area contributed by atoms with Gasteiger partial charge in [-0.1, -0.05) is 60.7 Å². The summed E-state index contributed by atoms with van der Waals surface area (Å²) in [6.07, 6.45) is 0. The Bertz CT molecular complexity index is 952. The lowest BCUT2D eigenvalue weighted by molar-refractivity contribution is 0.106. The number of hydrogen-bond acceptors (Lipinski definition) is 4. The molecule has 132 valence electrons. The van der Waals surface area contributed by atoms with Crippen molar-refractivity contribution in [3.8, 4) is 12.1 Å². The fourth-order valence-corrected chi connectivity index (χ4v) is 2.84. The maximum Gasteiger partial charge on any atom is 0.101 e. The standard InChI is InChI=1S/C23H19N3O/c24-13-19-11-6-12-20(14-25)23(19)26-15-21-9-4-5-10-22(21)17-27-16-18-7-2-1-3-8-18/h1-12,26H,15-17H2. The zero-order valence-corrected chi connectivity index (χ0v) is 14.9. The SMILES string of the molecule is N#Cc1cccc(C#N)c1NCc1ccccc1COCc1ccccc1. The van der Waals surface area contributed by atoms with Gasteiger partial charge in [-0.2, -0.15) is 10.5 Å². The summed E-state index contributed by atoms with van der Waals surface area (Å²) in [5, 5.41) is 21.8. The summed E-state index contributed by atoms with van der Waals surface area (Å²) in [6, 6.07) is 27.5. The van der Waals surface area contributed by atoms with Gasteiger partial charge in [-0.25, -0.2) is 0 Å². The first-order chi connectivity index (χ1) is 13.3. The molecule has 27 heavy (non-hydrogen) atoms. The van der Waals surface area contributed by atoms with Gasteiger partial charge in [0.15, 0.2) is 0 Å². The molecule has 0 saturated carbocycles. The van der Waals surface area contributed by atoms with Gasteiger partial charge in [0.25, 0.3) is 0 Å². The third-order valence-electron chi connectivity index (χ3n) is 4.25. The molecule has 0 fully saturated rings. The second-order valence-electron chi connectivity index (χ2n) is 6.05. The van der Waals surface area contributed by atoms with Crippen LogP contribution in [0.25, 0.3) is 0 Å². The van der Waals surface area contributed by atoms with Gasteiger partial charge in [0, 0.05) is 6.54 Å². The van der Waals surface area contributed by atoms with Gasteiger partial charge in [0.2, 0.25) is 0 Å². The van der Waals surface area contributed by atoms with Crippen LogP contribution in [0.5, 0.6) is 0 Å². The molecule has 0 atom stereocenters. The van der Waals surface area contributed by atoms with E-state index in [0.717, 1.165) is 16.7 Å². The highest BCUT2D eigenvalue weighted by atomic mass is 16.5. The minimum atomic E-state index is 0.465. The molecule has 0 unspecified atom stereocenters. The van der Waals surface area contributed by atoms with Gasteiger partial charge in [0.05, 0.1) is 30.0 Å². The lowest BCUT2D eigenvalue weighted by Crippen LogP contribution is -2.07. The van der Waals surface area contributed by atoms with E-state index in [4.69, 9.17) is 4.74 Å². The first-order valence-electron chi connectivity index (χ1n) is 8.67. The zero-order valence-electron chi connectivity index (χ0n) is 14.9. The molecular weight excluding hydrogens is 334 g/mol. The molecule has 1 N–H and O–H groups in total. The van der Waals surface area contributed by atoms with Gasteiger partial charge in [-0.15, -0.1) is 0 Å². The minimum absolute atomic E-state index is 0.465. The quantitative estimate of drug-likeness (QED) is 0.665. The molecule has 0 bridgehead atoms. The van der Waals surface area contributed by atoms with Crippen molar-refractivity contribution in [1.82, 2.24) is 0 Å². The largest absolute Gasteiger partial charge is 0.379 e. The van der Waals surface area contributed by atoms with E-state index in [0.29, 0.717) is 36.6 Å². The molecule has 3 aromatic carbocycles. The summed E-state index contributed by atoms with van der Waals surface area (Å²) in [7, 11) is 0. The second-order valence-corrected chi connectivity index (χ2v) is 6.05. The number of nitriles is 2. The molecular formula is C23H19N3O. The van der Waals surface area contributed by atoms with Crippen LogP contribution in [0, 0.1) is 22.7 Å². The van der Waals surface area contributed by atoms with E-state index in [9.17, 15) is 10.5 Å². The van der Waals surface area contributed by atoms with E-state index >= 15 is 0 Å². The van der Waals surface area contributed by atoms with E-state index in [2.05, 4.69) is 17.5 Å². The maximum absolute atomic E-state index is 9.30. The molecule has 0 saturated heterocycles. The molecule has 0 radical (unpaired) electrons. The van der Waals surface area contributed by atoms with Crippen molar-refractivity contribution in [3.05, 3.63) is 101 Å². The summed E-state index contributed by atoms with van der Waals surface area (Å²) in [4.78, 5) is 0. The summed E-state index contributed by atoms with van der Waals surface area (Å²) in [5.41, 5.74) is 4.78. The molecule has 0 heterocycles. The Morgan fingerprint density at radius 2 is 1.33 bits per heavy atom. The van der Waals surface area contributed by atoms with E-state index in [1.807, 2.05) is 54.6 Å². The third kappa shape index (κ3) is 4.73. The Labute approximate surface area is 159 Å². The smallest absolute Gasteiger partial charge is 0.101 e. The summed E-state index contributed by atoms with van der Waals surface area (Å²) < 4.78 is 5.86. The summed E-state index contributed by atoms with van der Waals surface area (Å²) in [6.45, 7) is 1.56. The third-order valence-corrected chi connectivity index (χ3v) is 4.25. The van der Waals surface area contributed by atoms with Crippen LogP contribution < -0.4 is 5.32 Å². The first kappa shape index (κ1) is 18.2. The molecule has 3 aromatic rings. The highest BCUT2D eigenvalue weighted by Crippen LogP contribution is 2.22. The number of para-hydroxylation sites is 1. The van der Waals surface area contributed by atoms with Crippen LogP contribution in [-0.4, -0.2) is 0 Å². The van der Waals surface area contributed by atoms with Crippen LogP contribution in [0.2, 0.25) is 0 Å². The van der Waals surface area contributed by atoms with Crippen molar-refractivity contribution < 1.29 is 4.74 Å². The number of benzene rings is 3. The van der Waals surface area contributed by atoms with Gasteiger partial charge < -0.3 is 10.1 Å². The van der Waals surface area contributed by atoms with Crippen molar-refractivity contribution in [2.75, 3.05) is 5.32 Å². The fraction of sp³-hybridized carbons (Fsp3) is 0.130. The molecule has 0 aromatic heterocycles. The van der Waals surface area contributed by atoms with Crippen LogP contribution >= 0.6 is 0 Å². The van der Waals surface area contributed by atoms with Crippen LogP contribution in [0.15, 0.2) is 72.8 Å². The minimum Gasteiger partial charge on any atom is -0.379 e. The monoisotopic (exact) mass is 353 g/mol. The number of nitrogens with zero attached hydrogens (tertiary/aromatic N) is 2. The average molecular weight is 353 g/mol. The molecule has 0 amide bonds. The molecule has 0 aliphatic carbocycles. The van der Waals surface area contributed by atoms with Gasteiger partial charge in [-0.3, -0.25) is 0 Å². The molecule has 0 spiro atoms. The Kier molecular flexibility index (Phi) is 6.20. The van der Waals surface area contributed by atoms with Gasteiger partial charge in [0.1, 0.15) is 12.1 Å². The Morgan fingerprint density at radius 3 is 2.00 bits per heavy atom. The molecule has 4 heteroatoms. The fourth-order valence-electron chi connectivity index (χ4n) is 2.84. The average Bonchev–Trinajstić information content (AvgIpc) is 2.73.